The average Bonchev–Trinajstić information content (AvgIpc) is 2.66. The summed E-state index contributed by atoms with van der Waals surface area (Å²) in [5.74, 6) is -1.10. The van der Waals surface area contributed by atoms with Crippen molar-refractivity contribution in [2.45, 2.75) is 25.9 Å². The van der Waals surface area contributed by atoms with Gasteiger partial charge in [0.1, 0.15) is 0 Å². The molecule has 7 heteroatoms. The van der Waals surface area contributed by atoms with Gasteiger partial charge in [-0.2, -0.15) is 0 Å². The molecule has 2 atom stereocenters. The Labute approximate surface area is 151 Å². The van der Waals surface area contributed by atoms with Gasteiger partial charge in [0.2, 0.25) is 0 Å². The quantitative estimate of drug-likeness (QED) is 0.467. The van der Waals surface area contributed by atoms with Gasteiger partial charge in [-0.15, -0.1) is 0 Å². The molecule has 136 valence electrons. The van der Waals surface area contributed by atoms with E-state index in [2.05, 4.69) is 5.32 Å². The molecule has 0 saturated heterocycles. The maximum absolute atomic E-state index is 12.1. The molecule has 2 aromatic carbocycles. The van der Waals surface area contributed by atoms with Crippen LogP contribution >= 0.6 is 0 Å². The number of benzene rings is 2. The molecule has 1 amide bonds. The van der Waals surface area contributed by atoms with Crippen LogP contribution in [0.25, 0.3) is 0 Å². The number of rotatable bonds is 7. The minimum absolute atomic E-state index is 0.0245. The Kier molecular flexibility index (Phi) is 6.43. The number of hydrogen-bond donors (Lipinski definition) is 1. The predicted molar refractivity (Wildman–Crippen MR) is 95.8 cm³/mol. The van der Waals surface area contributed by atoms with Crippen molar-refractivity contribution in [3.63, 3.8) is 0 Å². The second kappa shape index (κ2) is 8.75. The second-order valence-corrected chi connectivity index (χ2v) is 5.91. The summed E-state index contributed by atoms with van der Waals surface area (Å²) in [6, 6.07) is 14.9. The van der Waals surface area contributed by atoms with Crippen molar-refractivity contribution >= 4 is 17.6 Å². The van der Waals surface area contributed by atoms with Crippen LogP contribution in [0.5, 0.6) is 0 Å². The van der Waals surface area contributed by atoms with Gasteiger partial charge in [0, 0.05) is 18.7 Å². The number of amides is 1. The molecule has 26 heavy (non-hydrogen) atoms. The molecule has 0 aliphatic carbocycles. The van der Waals surface area contributed by atoms with Gasteiger partial charge in [0.05, 0.1) is 10.5 Å². The first-order valence-electron chi connectivity index (χ1n) is 8.16. The van der Waals surface area contributed by atoms with Gasteiger partial charge in [-0.1, -0.05) is 43.3 Å². The van der Waals surface area contributed by atoms with E-state index in [0.29, 0.717) is 6.54 Å². The third-order valence-electron chi connectivity index (χ3n) is 3.90. The van der Waals surface area contributed by atoms with Crippen molar-refractivity contribution in [3.8, 4) is 0 Å². The minimum Gasteiger partial charge on any atom is -0.449 e. The van der Waals surface area contributed by atoms with E-state index in [1.54, 1.807) is 0 Å². The van der Waals surface area contributed by atoms with Crippen LogP contribution in [0, 0.1) is 10.1 Å². The highest BCUT2D eigenvalue weighted by atomic mass is 16.6. The molecule has 0 bridgehead atoms. The van der Waals surface area contributed by atoms with E-state index in [1.165, 1.54) is 25.1 Å². The third kappa shape index (κ3) is 5.14. The fraction of sp³-hybridized carbons (Fsp3) is 0.263. The van der Waals surface area contributed by atoms with Crippen molar-refractivity contribution in [1.29, 1.82) is 0 Å². The Morgan fingerprint density at radius 3 is 2.46 bits per heavy atom. The van der Waals surface area contributed by atoms with Gasteiger partial charge < -0.3 is 10.1 Å². The van der Waals surface area contributed by atoms with Gasteiger partial charge in [-0.05, 0) is 24.5 Å². The molecular weight excluding hydrogens is 336 g/mol. The summed E-state index contributed by atoms with van der Waals surface area (Å²) >= 11 is 0. The number of nitrogens with zero attached hydrogens (tertiary/aromatic N) is 1. The summed E-state index contributed by atoms with van der Waals surface area (Å²) in [6.07, 6.45) is -1.01. The predicted octanol–water partition coefficient (Wildman–Crippen LogP) is 3.06. The maximum Gasteiger partial charge on any atom is 0.339 e. The van der Waals surface area contributed by atoms with Crippen LogP contribution < -0.4 is 5.32 Å². The van der Waals surface area contributed by atoms with Crippen LogP contribution in [0.2, 0.25) is 0 Å². The molecule has 0 aliphatic heterocycles. The molecular formula is C19H20N2O5. The summed E-state index contributed by atoms with van der Waals surface area (Å²) in [5, 5.41) is 13.5. The van der Waals surface area contributed by atoms with Crippen LogP contribution in [0.3, 0.4) is 0 Å². The number of nitrogens with one attached hydrogen (secondary N) is 1. The zero-order valence-electron chi connectivity index (χ0n) is 14.5. The van der Waals surface area contributed by atoms with E-state index in [-0.39, 0.29) is 17.2 Å². The highest BCUT2D eigenvalue weighted by Crippen LogP contribution is 2.15. The lowest BCUT2D eigenvalue weighted by Gasteiger charge is -2.16. The topological polar surface area (TPSA) is 98.5 Å². The number of nitro benzene ring substituents is 1. The first-order valence-corrected chi connectivity index (χ1v) is 8.16. The SMILES string of the molecule is C[C@H](CNC(=O)[C@@H](C)OC(=O)c1cccc([N+](=O)[O-])c1)c1ccccc1. The number of carbonyl (C=O) groups is 2. The van der Waals surface area contributed by atoms with E-state index < -0.39 is 22.9 Å². The van der Waals surface area contributed by atoms with Crippen molar-refractivity contribution in [1.82, 2.24) is 5.32 Å². The molecule has 1 N–H and O–H groups in total. The van der Waals surface area contributed by atoms with Crippen molar-refractivity contribution < 1.29 is 19.2 Å². The molecule has 0 aromatic heterocycles. The van der Waals surface area contributed by atoms with Gasteiger partial charge in [-0.3, -0.25) is 14.9 Å². The average molecular weight is 356 g/mol. The zero-order valence-corrected chi connectivity index (χ0v) is 14.5. The minimum atomic E-state index is -1.01. The standard InChI is InChI=1S/C19H20N2O5/c1-13(15-7-4-3-5-8-15)12-20-18(22)14(2)26-19(23)16-9-6-10-17(11-16)21(24)25/h3-11,13-14H,12H2,1-2H3,(H,20,22)/t13-,14-/m1/s1. The lowest BCUT2D eigenvalue weighted by Crippen LogP contribution is -2.37. The fourth-order valence-electron chi connectivity index (χ4n) is 2.33. The number of hydrogen-bond acceptors (Lipinski definition) is 5. The van der Waals surface area contributed by atoms with Crippen molar-refractivity contribution in [2.24, 2.45) is 0 Å². The number of carbonyl (C=O) groups excluding carboxylic acids is 2. The van der Waals surface area contributed by atoms with Crippen LogP contribution in [-0.2, 0) is 9.53 Å². The summed E-state index contributed by atoms with van der Waals surface area (Å²) in [4.78, 5) is 34.4. The number of non-ortho nitro benzene ring substituents is 1. The highest BCUT2D eigenvalue weighted by molar-refractivity contribution is 5.92. The Balaban J connectivity index is 1.89. The second-order valence-electron chi connectivity index (χ2n) is 5.91. The monoisotopic (exact) mass is 356 g/mol. The summed E-state index contributed by atoms with van der Waals surface area (Å²) < 4.78 is 5.10. The van der Waals surface area contributed by atoms with E-state index >= 15 is 0 Å². The maximum atomic E-state index is 12.1. The molecule has 0 saturated carbocycles. The molecule has 0 spiro atoms. The van der Waals surface area contributed by atoms with Crippen LogP contribution in [0.1, 0.15) is 35.7 Å². The fourth-order valence-corrected chi connectivity index (χ4v) is 2.33. The Bertz CT molecular complexity index is 792. The van der Waals surface area contributed by atoms with Gasteiger partial charge >= 0.3 is 5.97 Å². The van der Waals surface area contributed by atoms with Crippen LogP contribution in [-0.4, -0.2) is 29.4 Å². The van der Waals surface area contributed by atoms with Crippen LogP contribution in [0.15, 0.2) is 54.6 Å². The van der Waals surface area contributed by atoms with Gasteiger partial charge in [0.25, 0.3) is 11.6 Å². The van der Waals surface area contributed by atoms with E-state index in [0.717, 1.165) is 11.6 Å². The van der Waals surface area contributed by atoms with E-state index in [9.17, 15) is 19.7 Å². The van der Waals surface area contributed by atoms with E-state index in [1.807, 2.05) is 37.3 Å². The van der Waals surface area contributed by atoms with Crippen LogP contribution in [0.4, 0.5) is 5.69 Å². The largest absolute Gasteiger partial charge is 0.449 e. The Hall–Kier alpha value is -3.22. The third-order valence-corrected chi connectivity index (χ3v) is 3.90. The normalized spacial score (nSPS) is 12.7. The summed E-state index contributed by atoms with van der Waals surface area (Å²) in [5.41, 5.74) is 0.902. The number of nitro groups is 1. The number of esters is 1. The Morgan fingerprint density at radius 1 is 1.12 bits per heavy atom. The molecule has 2 aromatic rings. The smallest absolute Gasteiger partial charge is 0.339 e. The zero-order chi connectivity index (χ0) is 19.1. The molecule has 2 rings (SSSR count). The van der Waals surface area contributed by atoms with Gasteiger partial charge in [-0.25, -0.2) is 4.79 Å². The lowest BCUT2D eigenvalue weighted by atomic mass is 10.0. The molecule has 7 nitrogen and oxygen atoms in total. The van der Waals surface area contributed by atoms with Gasteiger partial charge in [0.15, 0.2) is 6.10 Å². The molecule has 0 radical (unpaired) electrons. The van der Waals surface area contributed by atoms with Crippen molar-refractivity contribution in [2.75, 3.05) is 6.54 Å². The first-order chi connectivity index (χ1) is 12.4. The Morgan fingerprint density at radius 2 is 1.81 bits per heavy atom. The molecule has 0 aliphatic rings. The van der Waals surface area contributed by atoms with E-state index in [4.69, 9.17) is 4.74 Å². The first kappa shape index (κ1) is 19.1. The lowest BCUT2D eigenvalue weighted by molar-refractivity contribution is -0.384. The molecule has 0 fully saturated rings. The summed E-state index contributed by atoms with van der Waals surface area (Å²) in [7, 11) is 0. The van der Waals surface area contributed by atoms with Crippen molar-refractivity contribution in [3.05, 3.63) is 75.8 Å². The number of ether oxygens (including phenoxy) is 1. The molecule has 0 heterocycles. The highest BCUT2D eigenvalue weighted by Gasteiger charge is 2.20. The summed E-state index contributed by atoms with van der Waals surface area (Å²) in [6.45, 7) is 3.84. The molecule has 0 unspecified atom stereocenters.